The number of nitrogens with one attached hydrogen (secondary N) is 1. The molecule has 1 heterocycles. The topological polar surface area (TPSA) is 55.9 Å². The number of nitrogens with zero attached hydrogens (tertiary/aromatic N) is 2. The summed E-state index contributed by atoms with van der Waals surface area (Å²) < 4.78 is 1.89. The minimum atomic E-state index is -0.0238. The van der Waals surface area contributed by atoms with Gasteiger partial charge < -0.3 is 0 Å². The smallest absolute Gasteiger partial charge is 0.0595 e. The van der Waals surface area contributed by atoms with Gasteiger partial charge in [0, 0.05) is 12.7 Å². The van der Waals surface area contributed by atoms with E-state index in [1.807, 2.05) is 29.2 Å². The first-order chi connectivity index (χ1) is 9.13. The van der Waals surface area contributed by atoms with E-state index in [1.54, 1.807) is 6.07 Å². The lowest BCUT2D eigenvalue weighted by molar-refractivity contribution is 0.551. The molecule has 102 valence electrons. The molecule has 0 radical (unpaired) electrons. The van der Waals surface area contributed by atoms with Crippen molar-refractivity contribution in [3.8, 4) is 0 Å². The number of rotatable bonds is 5. The van der Waals surface area contributed by atoms with Crippen LogP contribution in [0.3, 0.4) is 0 Å². The Balaban J connectivity index is 2.17. The highest BCUT2D eigenvalue weighted by Gasteiger charge is 2.13. The van der Waals surface area contributed by atoms with Crippen LogP contribution >= 0.6 is 23.2 Å². The largest absolute Gasteiger partial charge is 0.273 e. The molecule has 3 N–H and O–H groups in total. The Morgan fingerprint density at radius 1 is 1.37 bits per heavy atom. The van der Waals surface area contributed by atoms with E-state index in [2.05, 4.69) is 17.4 Å². The van der Waals surface area contributed by atoms with Crippen LogP contribution in [0.15, 0.2) is 30.6 Å². The van der Waals surface area contributed by atoms with Crippen molar-refractivity contribution < 1.29 is 0 Å². The van der Waals surface area contributed by atoms with Gasteiger partial charge in [-0.1, -0.05) is 29.3 Å². The Labute approximate surface area is 122 Å². The van der Waals surface area contributed by atoms with Gasteiger partial charge in [0.15, 0.2) is 0 Å². The van der Waals surface area contributed by atoms with Gasteiger partial charge in [0.25, 0.3) is 0 Å². The fourth-order valence-corrected chi connectivity index (χ4v) is 2.23. The van der Waals surface area contributed by atoms with Crippen LogP contribution in [0.5, 0.6) is 0 Å². The maximum absolute atomic E-state index is 6.03. The highest BCUT2D eigenvalue weighted by molar-refractivity contribution is 6.42. The first-order valence-electron chi connectivity index (χ1n) is 6.06. The summed E-state index contributed by atoms with van der Waals surface area (Å²) in [7, 11) is 0. The number of hydrogen-bond donors (Lipinski definition) is 2. The lowest BCUT2D eigenvalue weighted by atomic mass is 10.0. The van der Waals surface area contributed by atoms with E-state index >= 15 is 0 Å². The fraction of sp³-hybridized carbons (Fsp3) is 0.308. The van der Waals surface area contributed by atoms with Crippen LogP contribution in [-0.4, -0.2) is 9.78 Å². The summed E-state index contributed by atoms with van der Waals surface area (Å²) in [4.78, 5) is 0. The third kappa shape index (κ3) is 3.48. The van der Waals surface area contributed by atoms with Crippen LogP contribution in [0.2, 0.25) is 10.0 Å². The Morgan fingerprint density at radius 3 is 2.74 bits per heavy atom. The molecular formula is C13H16Cl2N4. The van der Waals surface area contributed by atoms with Gasteiger partial charge in [-0.05, 0) is 36.6 Å². The molecular weight excluding hydrogens is 283 g/mol. The number of hydrogen-bond acceptors (Lipinski definition) is 3. The zero-order valence-corrected chi connectivity index (χ0v) is 12.1. The SMILES string of the molecule is CCn1cc(CC(NN)c2ccc(Cl)c(Cl)c2)cn1. The van der Waals surface area contributed by atoms with Gasteiger partial charge in [-0.2, -0.15) is 5.10 Å². The molecule has 0 aliphatic carbocycles. The maximum atomic E-state index is 6.03. The molecule has 2 rings (SSSR count). The van der Waals surface area contributed by atoms with E-state index in [0.29, 0.717) is 10.0 Å². The van der Waals surface area contributed by atoms with Crippen molar-refractivity contribution >= 4 is 23.2 Å². The zero-order chi connectivity index (χ0) is 13.8. The third-order valence-corrected chi connectivity index (χ3v) is 3.74. The van der Waals surface area contributed by atoms with Gasteiger partial charge in [0.05, 0.1) is 22.3 Å². The van der Waals surface area contributed by atoms with Crippen molar-refractivity contribution in [2.75, 3.05) is 0 Å². The van der Waals surface area contributed by atoms with Gasteiger partial charge in [-0.15, -0.1) is 0 Å². The first-order valence-corrected chi connectivity index (χ1v) is 6.82. The summed E-state index contributed by atoms with van der Waals surface area (Å²) in [6.07, 6.45) is 4.61. The summed E-state index contributed by atoms with van der Waals surface area (Å²) in [5.41, 5.74) is 4.92. The van der Waals surface area contributed by atoms with E-state index < -0.39 is 0 Å². The summed E-state index contributed by atoms with van der Waals surface area (Å²) in [6, 6.07) is 5.50. The van der Waals surface area contributed by atoms with Crippen molar-refractivity contribution in [3.05, 3.63) is 51.8 Å². The Bertz CT molecular complexity index is 553. The maximum Gasteiger partial charge on any atom is 0.0595 e. The van der Waals surface area contributed by atoms with Crippen molar-refractivity contribution in [2.45, 2.75) is 25.9 Å². The van der Waals surface area contributed by atoms with Crippen LogP contribution in [0.1, 0.15) is 24.1 Å². The van der Waals surface area contributed by atoms with E-state index in [-0.39, 0.29) is 6.04 Å². The summed E-state index contributed by atoms with van der Waals surface area (Å²) in [6.45, 7) is 2.90. The lowest BCUT2D eigenvalue weighted by Crippen LogP contribution is -2.29. The van der Waals surface area contributed by atoms with Crippen LogP contribution in [0.25, 0.3) is 0 Å². The standard InChI is InChI=1S/C13H16Cl2N4/c1-2-19-8-9(7-17-19)5-13(18-16)10-3-4-11(14)12(15)6-10/h3-4,6-8,13,18H,2,5,16H2,1H3. The molecule has 0 aliphatic heterocycles. The molecule has 1 atom stereocenters. The van der Waals surface area contributed by atoms with Crippen LogP contribution in [0, 0.1) is 0 Å². The van der Waals surface area contributed by atoms with E-state index in [0.717, 1.165) is 24.1 Å². The average Bonchev–Trinajstić information content (AvgIpc) is 2.87. The molecule has 1 unspecified atom stereocenters. The van der Waals surface area contributed by atoms with Gasteiger partial charge >= 0.3 is 0 Å². The van der Waals surface area contributed by atoms with Gasteiger partial charge in [-0.25, -0.2) is 0 Å². The molecule has 4 nitrogen and oxygen atoms in total. The predicted octanol–water partition coefficient (Wildman–Crippen LogP) is 2.96. The van der Waals surface area contributed by atoms with Gasteiger partial charge in [0.1, 0.15) is 0 Å². The number of hydrazine groups is 1. The fourth-order valence-electron chi connectivity index (χ4n) is 1.92. The average molecular weight is 299 g/mol. The molecule has 0 fully saturated rings. The van der Waals surface area contributed by atoms with E-state index in [9.17, 15) is 0 Å². The van der Waals surface area contributed by atoms with Crippen molar-refractivity contribution in [1.29, 1.82) is 0 Å². The Morgan fingerprint density at radius 2 is 2.16 bits per heavy atom. The quantitative estimate of drug-likeness (QED) is 0.659. The minimum Gasteiger partial charge on any atom is -0.273 e. The Hall–Kier alpha value is -1.07. The highest BCUT2D eigenvalue weighted by Crippen LogP contribution is 2.26. The number of nitrogens with two attached hydrogens (primary N) is 1. The molecule has 6 heteroatoms. The normalized spacial score (nSPS) is 12.6. The number of benzene rings is 1. The zero-order valence-electron chi connectivity index (χ0n) is 10.6. The van der Waals surface area contributed by atoms with Crippen LogP contribution in [0.4, 0.5) is 0 Å². The van der Waals surface area contributed by atoms with Crippen molar-refractivity contribution in [1.82, 2.24) is 15.2 Å². The number of aryl methyl sites for hydroxylation is 1. The predicted molar refractivity (Wildman–Crippen MR) is 78.1 cm³/mol. The molecule has 19 heavy (non-hydrogen) atoms. The molecule has 1 aromatic heterocycles. The third-order valence-electron chi connectivity index (χ3n) is 3.00. The highest BCUT2D eigenvalue weighted by atomic mass is 35.5. The monoisotopic (exact) mass is 298 g/mol. The van der Waals surface area contributed by atoms with E-state index in [1.165, 1.54) is 0 Å². The Kier molecular flexibility index (Phi) is 4.82. The molecule has 0 amide bonds. The lowest BCUT2D eigenvalue weighted by Gasteiger charge is -2.16. The molecule has 0 bridgehead atoms. The van der Waals surface area contributed by atoms with Gasteiger partial charge in [0.2, 0.25) is 0 Å². The molecule has 0 saturated heterocycles. The minimum absolute atomic E-state index is 0.0238. The van der Waals surface area contributed by atoms with Crippen LogP contribution < -0.4 is 11.3 Å². The summed E-state index contributed by atoms with van der Waals surface area (Å²) in [5, 5.41) is 5.32. The molecule has 0 spiro atoms. The molecule has 2 aromatic rings. The molecule has 0 aliphatic rings. The van der Waals surface area contributed by atoms with E-state index in [4.69, 9.17) is 29.0 Å². The second-order valence-electron chi connectivity index (χ2n) is 4.30. The van der Waals surface area contributed by atoms with Gasteiger partial charge in [-0.3, -0.25) is 16.0 Å². The summed E-state index contributed by atoms with van der Waals surface area (Å²) in [5.74, 6) is 5.63. The summed E-state index contributed by atoms with van der Waals surface area (Å²) >= 11 is 11.9. The second kappa shape index (κ2) is 6.39. The molecule has 0 saturated carbocycles. The number of halogens is 2. The number of aromatic nitrogens is 2. The second-order valence-corrected chi connectivity index (χ2v) is 5.12. The van der Waals surface area contributed by atoms with Crippen molar-refractivity contribution in [3.63, 3.8) is 0 Å². The first kappa shape index (κ1) is 14.3. The van der Waals surface area contributed by atoms with Crippen LogP contribution in [-0.2, 0) is 13.0 Å². The molecule has 1 aromatic carbocycles. The van der Waals surface area contributed by atoms with Crippen molar-refractivity contribution in [2.24, 2.45) is 5.84 Å².